The van der Waals surface area contributed by atoms with Gasteiger partial charge in [0, 0.05) is 24.4 Å². The standard InChI is InChI=1S/C43H47BS3/c1-25(2)32-23-35(26(3)4)43(36(24-32)27(5)6)44(34-21-30(9)18-31(10)22-34)42-16-15-41(47-42)40-14-13-39(46-40)38-12-11-37(45-38)33-19-28(7)17-29(8)20-33/h11-27H,1-10H3. The number of benzene rings is 3. The Kier molecular flexibility index (Phi) is 9.86. The predicted molar refractivity (Wildman–Crippen MR) is 215 cm³/mol. The van der Waals surface area contributed by atoms with Crippen molar-refractivity contribution in [2.45, 2.75) is 87.0 Å². The van der Waals surface area contributed by atoms with Gasteiger partial charge in [0.15, 0.2) is 0 Å². The van der Waals surface area contributed by atoms with Crippen molar-refractivity contribution in [3.8, 4) is 29.9 Å². The number of hydrogen-bond donors (Lipinski definition) is 0. The van der Waals surface area contributed by atoms with Crippen molar-refractivity contribution in [3.05, 3.63) is 124 Å². The van der Waals surface area contributed by atoms with Crippen LogP contribution >= 0.6 is 34.0 Å². The van der Waals surface area contributed by atoms with E-state index in [0.29, 0.717) is 17.8 Å². The number of hydrogen-bond acceptors (Lipinski definition) is 3. The van der Waals surface area contributed by atoms with E-state index >= 15 is 0 Å². The SMILES string of the molecule is Cc1cc(C)cc(B(c2ccc(-c3ccc(-c4ccc(-c5cc(C)cc(C)c5)s4)s3)s2)c2c(C(C)C)cc(C(C)C)cc2C(C)C)c1. The van der Waals surface area contributed by atoms with Crippen LogP contribution in [0.5, 0.6) is 0 Å². The Hall–Kier alpha value is -3.18. The number of rotatable bonds is 9. The monoisotopic (exact) mass is 670 g/mol. The van der Waals surface area contributed by atoms with Gasteiger partial charge in [-0.25, -0.2) is 0 Å². The highest BCUT2D eigenvalue weighted by Crippen LogP contribution is 2.41. The van der Waals surface area contributed by atoms with Gasteiger partial charge in [-0.1, -0.05) is 129 Å². The first kappa shape index (κ1) is 33.7. The molecule has 0 atom stereocenters. The lowest BCUT2D eigenvalue weighted by Gasteiger charge is -2.27. The zero-order valence-electron chi connectivity index (χ0n) is 29.6. The average Bonchev–Trinajstić information content (AvgIpc) is 3.77. The molecule has 4 heteroatoms. The molecule has 0 unspecified atom stereocenters. The van der Waals surface area contributed by atoms with Gasteiger partial charge in [-0.2, -0.15) is 0 Å². The number of thiophene rings is 3. The van der Waals surface area contributed by atoms with Gasteiger partial charge in [0.05, 0.1) is 0 Å². The predicted octanol–water partition coefficient (Wildman–Crippen LogP) is 12.0. The summed E-state index contributed by atoms with van der Waals surface area (Å²) in [5, 5.41) is 0. The molecule has 0 spiro atoms. The van der Waals surface area contributed by atoms with E-state index in [9.17, 15) is 0 Å². The molecular formula is C43H47BS3. The molecule has 0 nitrogen and oxygen atoms in total. The van der Waals surface area contributed by atoms with Gasteiger partial charge in [0.1, 0.15) is 0 Å². The van der Waals surface area contributed by atoms with E-state index in [1.807, 2.05) is 34.0 Å². The number of aryl methyl sites for hydroxylation is 4. The smallest absolute Gasteiger partial charge is 0.148 e. The van der Waals surface area contributed by atoms with Crippen molar-refractivity contribution in [1.29, 1.82) is 0 Å². The first-order chi connectivity index (χ1) is 22.4. The minimum Gasteiger partial charge on any atom is -0.148 e. The molecule has 6 rings (SSSR count). The molecule has 0 bridgehead atoms. The molecule has 0 radical (unpaired) electrons. The molecule has 0 aliphatic rings. The summed E-state index contributed by atoms with van der Waals surface area (Å²) in [6, 6.07) is 33.0. The average molecular weight is 671 g/mol. The van der Waals surface area contributed by atoms with Crippen LogP contribution in [0.2, 0.25) is 0 Å². The summed E-state index contributed by atoms with van der Waals surface area (Å²) in [5.74, 6) is 1.38. The van der Waals surface area contributed by atoms with Gasteiger partial charge in [-0.05, 0) is 103 Å². The molecule has 6 aromatic rings. The maximum absolute atomic E-state index is 2.51. The molecule has 47 heavy (non-hydrogen) atoms. The summed E-state index contributed by atoms with van der Waals surface area (Å²) in [4.78, 5) is 6.72. The van der Waals surface area contributed by atoms with Crippen LogP contribution in [0.15, 0.2) is 84.9 Å². The summed E-state index contributed by atoms with van der Waals surface area (Å²) in [6.45, 7) is 23.2. The van der Waals surface area contributed by atoms with E-state index in [2.05, 4.69) is 154 Å². The second-order valence-electron chi connectivity index (χ2n) is 14.3. The fraction of sp³-hybridized carbons (Fsp3) is 0.302. The van der Waals surface area contributed by atoms with Crippen molar-refractivity contribution in [2.75, 3.05) is 0 Å². The van der Waals surface area contributed by atoms with Gasteiger partial charge in [0.25, 0.3) is 6.71 Å². The molecule has 3 heterocycles. The maximum atomic E-state index is 2.51. The molecule has 240 valence electrons. The molecule has 0 saturated heterocycles. The third-order valence-electron chi connectivity index (χ3n) is 9.16. The van der Waals surface area contributed by atoms with Gasteiger partial charge < -0.3 is 0 Å². The molecule has 0 N–H and O–H groups in total. The summed E-state index contributed by atoms with van der Waals surface area (Å²) < 4.78 is 1.43. The lowest BCUT2D eigenvalue weighted by atomic mass is 9.37. The lowest BCUT2D eigenvalue weighted by molar-refractivity contribution is 0.812. The van der Waals surface area contributed by atoms with Crippen LogP contribution in [0, 0.1) is 27.7 Å². The zero-order valence-corrected chi connectivity index (χ0v) is 32.1. The highest BCUT2D eigenvalue weighted by atomic mass is 32.1. The van der Waals surface area contributed by atoms with Gasteiger partial charge >= 0.3 is 0 Å². The van der Waals surface area contributed by atoms with Crippen LogP contribution in [0.25, 0.3) is 29.9 Å². The van der Waals surface area contributed by atoms with Crippen LogP contribution < -0.4 is 15.7 Å². The zero-order chi connectivity index (χ0) is 33.6. The van der Waals surface area contributed by atoms with Crippen molar-refractivity contribution >= 4 is 56.4 Å². The molecule has 0 saturated carbocycles. The van der Waals surface area contributed by atoms with Crippen LogP contribution in [0.3, 0.4) is 0 Å². The fourth-order valence-corrected chi connectivity index (χ4v) is 10.3. The summed E-state index contributed by atoms with van der Waals surface area (Å²) >= 11 is 5.79. The van der Waals surface area contributed by atoms with Crippen LogP contribution in [-0.2, 0) is 0 Å². The third kappa shape index (κ3) is 7.16. The normalized spacial score (nSPS) is 11.8. The molecule has 3 aromatic carbocycles. The molecular weight excluding hydrogens is 623 g/mol. The second-order valence-corrected chi connectivity index (χ2v) is 17.6. The Morgan fingerprint density at radius 3 is 1.36 bits per heavy atom. The highest BCUT2D eigenvalue weighted by Gasteiger charge is 2.31. The Bertz CT molecular complexity index is 1960. The minimum atomic E-state index is 0.195. The first-order valence-electron chi connectivity index (χ1n) is 17.0. The van der Waals surface area contributed by atoms with Crippen LogP contribution in [-0.4, -0.2) is 6.71 Å². The summed E-state index contributed by atoms with van der Waals surface area (Å²) in [5.41, 5.74) is 14.0. The van der Waals surface area contributed by atoms with E-state index in [1.165, 1.54) is 84.6 Å². The fourth-order valence-electron chi connectivity index (χ4n) is 6.98. The summed E-state index contributed by atoms with van der Waals surface area (Å²) in [7, 11) is 0. The maximum Gasteiger partial charge on any atom is 0.254 e. The third-order valence-corrected chi connectivity index (χ3v) is 12.9. The Morgan fingerprint density at radius 1 is 0.447 bits per heavy atom. The Balaban J connectivity index is 1.43. The summed E-state index contributed by atoms with van der Waals surface area (Å²) in [6.07, 6.45) is 0. The van der Waals surface area contributed by atoms with Crippen molar-refractivity contribution in [1.82, 2.24) is 0 Å². The topological polar surface area (TPSA) is 0 Å². The molecule has 0 amide bonds. The quantitative estimate of drug-likeness (QED) is 0.134. The van der Waals surface area contributed by atoms with Crippen molar-refractivity contribution in [2.24, 2.45) is 0 Å². The molecule has 0 aliphatic carbocycles. The van der Waals surface area contributed by atoms with Gasteiger partial charge in [0.2, 0.25) is 0 Å². The first-order valence-corrected chi connectivity index (χ1v) is 19.5. The van der Waals surface area contributed by atoms with Crippen molar-refractivity contribution in [3.63, 3.8) is 0 Å². The van der Waals surface area contributed by atoms with Gasteiger partial charge in [-0.15, -0.1) is 34.0 Å². The van der Waals surface area contributed by atoms with E-state index in [-0.39, 0.29) is 6.71 Å². The second kappa shape index (κ2) is 13.7. The van der Waals surface area contributed by atoms with Crippen LogP contribution in [0.1, 0.15) is 98.2 Å². The molecule has 0 fully saturated rings. The molecule has 0 aliphatic heterocycles. The highest BCUT2D eigenvalue weighted by molar-refractivity contribution is 7.32. The van der Waals surface area contributed by atoms with E-state index in [1.54, 1.807) is 0 Å². The minimum absolute atomic E-state index is 0.195. The van der Waals surface area contributed by atoms with Crippen LogP contribution in [0.4, 0.5) is 0 Å². The van der Waals surface area contributed by atoms with Gasteiger partial charge in [-0.3, -0.25) is 0 Å². The Morgan fingerprint density at radius 2 is 0.872 bits per heavy atom. The van der Waals surface area contributed by atoms with E-state index in [0.717, 1.165) is 0 Å². The van der Waals surface area contributed by atoms with Crippen molar-refractivity contribution < 1.29 is 0 Å². The van der Waals surface area contributed by atoms with E-state index in [4.69, 9.17) is 0 Å². The lowest BCUT2D eigenvalue weighted by Crippen LogP contribution is -2.54. The largest absolute Gasteiger partial charge is 0.254 e. The molecule has 3 aromatic heterocycles. The Labute approximate surface area is 295 Å². The van der Waals surface area contributed by atoms with E-state index < -0.39 is 0 Å².